The van der Waals surface area contributed by atoms with Gasteiger partial charge in [-0.15, -0.1) is 0 Å². The molecule has 0 saturated carbocycles. The van der Waals surface area contributed by atoms with Crippen molar-refractivity contribution in [1.29, 1.82) is 0 Å². The Balaban J connectivity index is 2.00. The zero-order valence-corrected chi connectivity index (χ0v) is 14.1. The first-order valence-corrected chi connectivity index (χ1v) is 8.81. The first kappa shape index (κ1) is 18.5. The summed E-state index contributed by atoms with van der Waals surface area (Å²) in [6.07, 6.45) is -4.06. The average molecular weight is 357 g/mol. The Morgan fingerprint density at radius 1 is 1.00 bits per heavy atom. The summed E-state index contributed by atoms with van der Waals surface area (Å²) >= 11 is 0. The topological polar surface area (TPSA) is 46.2 Å². The molecule has 2 aromatic carbocycles. The van der Waals surface area contributed by atoms with Crippen molar-refractivity contribution in [2.24, 2.45) is 0 Å². The van der Waals surface area contributed by atoms with Gasteiger partial charge < -0.3 is 0 Å². The van der Waals surface area contributed by atoms with Crippen LogP contribution in [0, 0.1) is 13.8 Å². The molecule has 0 amide bonds. The highest BCUT2D eigenvalue weighted by molar-refractivity contribution is 7.89. The third-order valence-electron chi connectivity index (χ3n) is 3.61. The van der Waals surface area contributed by atoms with Gasteiger partial charge in [0, 0.05) is 6.54 Å². The van der Waals surface area contributed by atoms with E-state index in [-0.39, 0.29) is 11.4 Å². The molecule has 0 aliphatic heterocycles. The van der Waals surface area contributed by atoms with E-state index in [1.807, 2.05) is 6.92 Å². The number of aryl methyl sites for hydroxylation is 2. The third-order valence-corrected chi connectivity index (χ3v) is 5.23. The van der Waals surface area contributed by atoms with Crippen LogP contribution in [0.15, 0.2) is 47.4 Å². The monoisotopic (exact) mass is 357 g/mol. The first-order chi connectivity index (χ1) is 11.1. The Bertz CT molecular complexity index is 813. The van der Waals surface area contributed by atoms with Gasteiger partial charge >= 0.3 is 6.18 Å². The number of hydrogen-bond acceptors (Lipinski definition) is 2. The van der Waals surface area contributed by atoms with Gasteiger partial charge in [-0.2, -0.15) is 13.2 Å². The summed E-state index contributed by atoms with van der Waals surface area (Å²) in [5, 5.41) is 0. The lowest BCUT2D eigenvalue weighted by atomic mass is 10.1. The Hall–Kier alpha value is -1.86. The molecule has 130 valence electrons. The minimum Gasteiger partial charge on any atom is -0.211 e. The van der Waals surface area contributed by atoms with Gasteiger partial charge in [-0.05, 0) is 49.6 Å². The maximum Gasteiger partial charge on any atom is 0.416 e. The van der Waals surface area contributed by atoms with Crippen LogP contribution in [0.5, 0.6) is 0 Å². The van der Waals surface area contributed by atoms with Crippen LogP contribution < -0.4 is 4.72 Å². The number of hydrogen-bond donors (Lipinski definition) is 1. The fourth-order valence-electron chi connectivity index (χ4n) is 2.37. The van der Waals surface area contributed by atoms with Crippen molar-refractivity contribution in [3.05, 3.63) is 64.7 Å². The van der Waals surface area contributed by atoms with E-state index >= 15 is 0 Å². The highest BCUT2D eigenvalue weighted by Crippen LogP contribution is 2.29. The van der Waals surface area contributed by atoms with Crippen molar-refractivity contribution in [1.82, 2.24) is 4.72 Å². The predicted molar refractivity (Wildman–Crippen MR) is 86.3 cm³/mol. The second-order valence-electron chi connectivity index (χ2n) is 5.61. The number of benzene rings is 2. The molecular weight excluding hydrogens is 339 g/mol. The summed E-state index contributed by atoms with van der Waals surface area (Å²) in [6.45, 7) is 3.71. The molecule has 0 bridgehead atoms. The number of alkyl halides is 3. The molecule has 0 spiro atoms. The lowest BCUT2D eigenvalue weighted by Crippen LogP contribution is -2.26. The molecule has 0 atom stereocenters. The SMILES string of the molecule is Cc1ccc(S(=O)(=O)NCCc2ccc(C(F)(F)F)cc2)c(C)c1. The highest BCUT2D eigenvalue weighted by atomic mass is 32.2. The second kappa shape index (κ2) is 6.94. The molecule has 2 rings (SSSR count). The molecule has 0 unspecified atom stereocenters. The van der Waals surface area contributed by atoms with Crippen LogP contribution in [-0.4, -0.2) is 15.0 Å². The zero-order chi connectivity index (χ0) is 18.0. The summed E-state index contributed by atoms with van der Waals surface area (Å²) in [5.41, 5.74) is 1.53. The van der Waals surface area contributed by atoms with Crippen molar-refractivity contribution in [2.75, 3.05) is 6.54 Å². The molecule has 0 aromatic heterocycles. The summed E-state index contributed by atoms with van der Waals surface area (Å²) in [7, 11) is -3.64. The smallest absolute Gasteiger partial charge is 0.211 e. The van der Waals surface area contributed by atoms with Crippen LogP contribution in [0.4, 0.5) is 13.2 Å². The number of sulfonamides is 1. The van der Waals surface area contributed by atoms with E-state index in [0.717, 1.165) is 17.7 Å². The lowest BCUT2D eigenvalue weighted by molar-refractivity contribution is -0.137. The van der Waals surface area contributed by atoms with Crippen LogP contribution in [0.2, 0.25) is 0 Å². The highest BCUT2D eigenvalue weighted by Gasteiger charge is 2.29. The van der Waals surface area contributed by atoms with Gasteiger partial charge in [0.15, 0.2) is 0 Å². The normalized spacial score (nSPS) is 12.4. The van der Waals surface area contributed by atoms with Gasteiger partial charge in [-0.25, -0.2) is 13.1 Å². The van der Waals surface area contributed by atoms with Crippen LogP contribution >= 0.6 is 0 Å². The van der Waals surface area contributed by atoms with Gasteiger partial charge in [0.1, 0.15) is 0 Å². The summed E-state index contributed by atoms with van der Waals surface area (Å²) in [4.78, 5) is 0.209. The average Bonchev–Trinajstić information content (AvgIpc) is 2.46. The number of halogens is 3. The fraction of sp³-hybridized carbons (Fsp3) is 0.294. The molecule has 3 nitrogen and oxygen atoms in total. The first-order valence-electron chi connectivity index (χ1n) is 7.33. The Morgan fingerprint density at radius 2 is 1.62 bits per heavy atom. The standard InChI is InChI=1S/C17H18F3NO2S/c1-12-3-8-16(13(2)11-12)24(22,23)21-10-9-14-4-6-15(7-5-14)17(18,19)20/h3-8,11,21H,9-10H2,1-2H3. The minimum atomic E-state index is -4.37. The van der Waals surface area contributed by atoms with Crippen LogP contribution in [0.25, 0.3) is 0 Å². The van der Waals surface area contributed by atoms with E-state index in [1.54, 1.807) is 25.1 Å². The Kier molecular flexibility index (Phi) is 5.35. The quantitative estimate of drug-likeness (QED) is 0.884. The van der Waals surface area contributed by atoms with E-state index in [9.17, 15) is 21.6 Å². The maximum absolute atomic E-state index is 12.5. The molecule has 0 aliphatic rings. The van der Waals surface area contributed by atoms with Crippen molar-refractivity contribution in [3.63, 3.8) is 0 Å². The molecule has 0 heterocycles. The molecule has 0 radical (unpaired) electrons. The fourth-order valence-corrected chi connectivity index (χ4v) is 3.63. The number of rotatable bonds is 5. The van der Waals surface area contributed by atoms with Gasteiger partial charge in [0.05, 0.1) is 10.5 Å². The summed E-state index contributed by atoms with van der Waals surface area (Å²) in [6, 6.07) is 9.75. The molecule has 0 aliphatic carbocycles. The van der Waals surface area contributed by atoms with Crippen LogP contribution in [0.3, 0.4) is 0 Å². The number of nitrogens with one attached hydrogen (secondary N) is 1. The molecule has 1 N–H and O–H groups in total. The molecule has 2 aromatic rings. The van der Waals surface area contributed by atoms with Crippen molar-refractivity contribution < 1.29 is 21.6 Å². The Morgan fingerprint density at radius 3 is 2.17 bits per heavy atom. The zero-order valence-electron chi connectivity index (χ0n) is 13.3. The van der Waals surface area contributed by atoms with Gasteiger partial charge in [0.2, 0.25) is 10.0 Å². The minimum absolute atomic E-state index is 0.112. The summed E-state index contributed by atoms with van der Waals surface area (Å²) < 4.78 is 64.5. The largest absolute Gasteiger partial charge is 0.416 e. The lowest BCUT2D eigenvalue weighted by Gasteiger charge is -2.11. The molecule has 0 saturated heterocycles. The van der Waals surface area contributed by atoms with Crippen molar-refractivity contribution >= 4 is 10.0 Å². The van der Waals surface area contributed by atoms with E-state index in [4.69, 9.17) is 0 Å². The van der Waals surface area contributed by atoms with Gasteiger partial charge in [0.25, 0.3) is 0 Å². The van der Waals surface area contributed by atoms with Crippen LogP contribution in [-0.2, 0) is 22.6 Å². The van der Waals surface area contributed by atoms with E-state index in [0.29, 0.717) is 17.5 Å². The van der Waals surface area contributed by atoms with Gasteiger partial charge in [-0.3, -0.25) is 0 Å². The van der Waals surface area contributed by atoms with E-state index in [1.165, 1.54) is 12.1 Å². The van der Waals surface area contributed by atoms with Gasteiger partial charge in [-0.1, -0.05) is 29.8 Å². The summed E-state index contributed by atoms with van der Waals surface area (Å²) in [5.74, 6) is 0. The molecular formula is C17H18F3NO2S. The van der Waals surface area contributed by atoms with E-state index in [2.05, 4.69) is 4.72 Å². The molecule has 7 heteroatoms. The van der Waals surface area contributed by atoms with Crippen molar-refractivity contribution in [3.8, 4) is 0 Å². The van der Waals surface area contributed by atoms with Crippen LogP contribution in [0.1, 0.15) is 22.3 Å². The third kappa shape index (κ3) is 4.58. The maximum atomic E-state index is 12.5. The van der Waals surface area contributed by atoms with Crippen molar-refractivity contribution in [2.45, 2.75) is 31.3 Å². The molecule has 24 heavy (non-hydrogen) atoms. The molecule has 0 fully saturated rings. The Labute approximate surface area is 139 Å². The van der Waals surface area contributed by atoms with E-state index < -0.39 is 21.8 Å². The predicted octanol–water partition coefficient (Wildman–Crippen LogP) is 3.84. The second-order valence-corrected chi connectivity index (χ2v) is 7.35.